The molecule has 3 rings (SSSR count). The second-order valence-electron chi connectivity index (χ2n) is 5.74. The van der Waals surface area contributed by atoms with Gasteiger partial charge in [-0.3, -0.25) is 4.79 Å². The van der Waals surface area contributed by atoms with Gasteiger partial charge in [0.15, 0.2) is 0 Å². The van der Waals surface area contributed by atoms with Crippen LogP contribution in [0.15, 0.2) is 18.2 Å². The number of alkyl halides is 1. The minimum Gasteiger partial charge on any atom is -0.312 e. The van der Waals surface area contributed by atoms with Gasteiger partial charge in [0.05, 0.1) is 0 Å². The number of amides is 1. The van der Waals surface area contributed by atoms with E-state index >= 15 is 0 Å². The van der Waals surface area contributed by atoms with Crippen molar-refractivity contribution in [3.05, 3.63) is 29.6 Å². The largest absolute Gasteiger partial charge is 0.312 e. The predicted molar refractivity (Wildman–Crippen MR) is 77.2 cm³/mol. The zero-order valence-corrected chi connectivity index (χ0v) is 12.4. The summed E-state index contributed by atoms with van der Waals surface area (Å²) in [5.74, 6) is -0.0433. The van der Waals surface area contributed by atoms with Crippen LogP contribution in [-0.4, -0.2) is 17.8 Å². The number of nitrogens with zero attached hydrogens (tertiary/aromatic N) is 1. The maximum Gasteiger partial charge on any atom is 0.227 e. The Morgan fingerprint density at radius 1 is 1.32 bits per heavy atom. The van der Waals surface area contributed by atoms with Crippen molar-refractivity contribution in [2.24, 2.45) is 5.41 Å². The van der Waals surface area contributed by atoms with E-state index in [2.05, 4.69) is 15.9 Å². The van der Waals surface area contributed by atoms with E-state index in [9.17, 15) is 9.18 Å². The zero-order chi connectivity index (χ0) is 13.5. The van der Waals surface area contributed by atoms with Crippen molar-refractivity contribution in [2.45, 2.75) is 32.1 Å². The number of hydrogen-bond acceptors (Lipinski definition) is 1. The molecule has 1 aliphatic carbocycles. The van der Waals surface area contributed by atoms with Gasteiger partial charge in [0.1, 0.15) is 5.82 Å². The molecule has 1 fully saturated rings. The highest BCUT2D eigenvalue weighted by molar-refractivity contribution is 9.09. The standard InChI is InChI=1S/C15H17BrFNO/c16-9-15(6-1-7-15)10-18-13-4-3-12(17)8-11(13)2-5-14(18)19/h3-4,8H,1-2,5-7,9-10H2. The number of benzene rings is 1. The summed E-state index contributed by atoms with van der Waals surface area (Å²) >= 11 is 3.58. The molecule has 4 heteroatoms. The third kappa shape index (κ3) is 2.31. The highest BCUT2D eigenvalue weighted by Crippen LogP contribution is 2.44. The molecule has 1 saturated carbocycles. The normalized spacial score (nSPS) is 20.9. The first-order valence-corrected chi connectivity index (χ1v) is 7.90. The van der Waals surface area contributed by atoms with Gasteiger partial charge < -0.3 is 4.90 Å². The van der Waals surface area contributed by atoms with Crippen LogP contribution < -0.4 is 4.90 Å². The Balaban J connectivity index is 1.90. The molecule has 19 heavy (non-hydrogen) atoms. The quantitative estimate of drug-likeness (QED) is 0.776. The van der Waals surface area contributed by atoms with Crippen molar-refractivity contribution in [2.75, 3.05) is 16.8 Å². The summed E-state index contributed by atoms with van der Waals surface area (Å²) in [5.41, 5.74) is 2.09. The Labute approximate surface area is 121 Å². The minimum atomic E-state index is -0.216. The molecular weight excluding hydrogens is 309 g/mol. The molecule has 0 radical (unpaired) electrons. The lowest BCUT2D eigenvalue weighted by Crippen LogP contribution is -2.47. The van der Waals surface area contributed by atoms with Gasteiger partial charge >= 0.3 is 0 Å². The predicted octanol–water partition coefficient (Wildman–Crippen LogP) is 3.67. The van der Waals surface area contributed by atoms with Gasteiger partial charge in [-0.1, -0.05) is 22.4 Å². The van der Waals surface area contributed by atoms with E-state index in [4.69, 9.17) is 0 Å². The molecule has 0 atom stereocenters. The number of carbonyl (C=O) groups excluding carboxylic acids is 1. The zero-order valence-electron chi connectivity index (χ0n) is 10.8. The van der Waals surface area contributed by atoms with Crippen molar-refractivity contribution in [1.29, 1.82) is 0 Å². The number of hydrogen-bond donors (Lipinski definition) is 0. The molecule has 0 N–H and O–H groups in total. The fourth-order valence-corrected chi connectivity index (χ4v) is 3.79. The van der Waals surface area contributed by atoms with Crippen LogP contribution in [0.25, 0.3) is 0 Å². The number of rotatable bonds is 3. The Hall–Kier alpha value is -0.900. The van der Waals surface area contributed by atoms with E-state index in [0.29, 0.717) is 12.8 Å². The van der Waals surface area contributed by atoms with E-state index in [0.717, 1.165) is 23.1 Å². The second kappa shape index (κ2) is 4.89. The van der Waals surface area contributed by atoms with Crippen LogP contribution in [0, 0.1) is 11.2 Å². The molecule has 2 aliphatic rings. The van der Waals surface area contributed by atoms with Gasteiger partial charge in [-0.25, -0.2) is 4.39 Å². The Bertz CT molecular complexity index is 507. The van der Waals surface area contributed by atoms with Gasteiger partial charge in [0.2, 0.25) is 5.91 Å². The molecule has 1 aromatic rings. The average molecular weight is 326 g/mol. The lowest BCUT2D eigenvalue weighted by molar-refractivity contribution is -0.119. The molecule has 0 unspecified atom stereocenters. The third-order valence-corrected chi connectivity index (χ3v) is 5.62. The molecule has 102 valence electrons. The SMILES string of the molecule is O=C1CCc2cc(F)ccc2N1CC1(CBr)CCC1. The highest BCUT2D eigenvalue weighted by Gasteiger charge is 2.40. The number of aryl methyl sites for hydroxylation is 1. The minimum absolute atomic E-state index is 0.173. The summed E-state index contributed by atoms with van der Waals surface area (Å²) in [5, 5.41) is 0.931. The maximum absolute atomic E-state index is 13.3. The van der Waals surface area contributed by atoms with Gasteiger partial charge in [0.25, 0.3) is 0 Å². The first kappa shape index (κ1) is 13.1. The number of carbonyl (C=O) groups is 1. The summed E-state index contributed by atoms with van der Waals surface area (Å²) in [6.07, 6.45) is 4.72. The summed E-state index contributed by atoms with van der Waals surface area (Å²) in [7, 11) is 0. The summed E-state index contributed by atoms with van der Waals surface area (Å²) in [4.78, 5) is 14.1. The molecule has 0 saturated heterocycles. The van der Waals surface area contributed by atoms with Crippen LogP contribution in [0.3, 0.4) is 0 Å². The van der Waals surface area contributed by atoms with E-state index in [1.165, 1.54) is 25.3 Å². The van der Waals surface area contributed by atoms with Crippen molar-refractivity contribution in [1.82, 2.24) is 0 Å². The van der Waals surface area contributed by atoms with Crippen LogP contribution in [0.4, 0.5) is 10.1 Å². The molecule has 0 aromatic heterocycles. The Morgan fingerprint density at radius 3 is 2.74 bits per heavy atom. The van der Waals surface area contributed by atoms with Gasteiger partial charge in [0, 0.05) is 24.0 Å². The molecule has 1 aliphatic heterocycles. The van der Waals surface area contributed by atoms with Gasteiger partial charge in [-0.15, -0.1) is 0 Å². The summed E-state index contributed by atoms with van der Waals surface area (Å²) in [6, 6.07) is 4.77. The fourth-order valence-electron chi connectivity index (χ4n) is 3.05. The lowest BCUT2D eigenvalue weighted by Gasteiger charge is -2.45. The topological polar surface area (TPSA) is 20.3 Å². The van der Waals surface area contributed by atoms with E-state index in [1.807, 2.05) is 4.90 Å². The molecule has 1 heterocycles. The third-order valence-electron chi connectivity index (χ3n) is 4.43. The Morgan fingerprint density at radius 2 is 2.11 bits per heavy atom. The number of fused-ring (bicyclic) bond motifs is 1. The monoisotopic (exact) mass is 325 g/mol. The van der Waals surface area contributed by atoms with E-state index in [-0.39, 0.29) is 17.1 Å². The Kier molecular flexibility index (Phi) is 3.37. The number of halogens is 2. The summed E-state index contributed by atoms with van der Waals surface area (Å²) in [6.45, 7) is 0.760. The van der Waals surface area contributed by atoms with E-state index < -0.39 is 0 Å². The van der Waals surface area contributed by atoms with Crippen molar-refractivity contribution < 1.29 is 9.18 Å². The van der Waals surface area contributed by atoms with Crippen LogP contribution in [-0.2, 0) is 11.2 Å². The van der Waals surface area contributed by atoms with Crippen molar-refractivity contribution >= 4 is 27.5 Å². The van der Waals surface area contributed by atoms with Crippen LogP contribution in [0.1, 0.15) is 31.2 Å². The van der Waals surface area contributed by atoms with Crippen LogP contribution >= 0.6 is 15.9 Å². The molecule has 1 amide bonds. The van der Waals surface area contributed by atoms with Crippen molar-refractivity contribution in [3.63, 3.8) is 0 Å². The first-order valence-electron chi connectivity index (χ1n) is 6.78. The number of anilines is 1. The molecule has 0 spiro atoms. The smallest absolute Gasteiger partial charge is 0.227 e. The second-order valence-corrected chi connectivity index (χ2v) is 6.30. The van der Waals surface area contributed by atoms with E-state index in [1.54, 1.807) is 12.1 Å². The molecule has 1 aromatic carbocycles. The highest BCUT2D eigenvalue weighted by atomic mass is 79.9. The maximum atomic E-state index is 13.3. The van der Waals surface area contributed by atoms with Gasteiger partial charge in [-0.2, -0.15) is 0 Å². The fraction of sp³-hybridized carbons (Fsp3) is 0.533. The lowest BCUT2D eigenvalue weighted by atomic mass is 9.70. The first-order chi connectivity index (χ1) is 9.13. The molecular formula is C15H17BrFNO. The van der Waals surface area contributed by atoms with Gasteiger partial charge in [-0.05, 0) is 48.4 Å². The van der Waals surface area contributed by atoms with Crippen LogP contribution in [0.2, 0.25) is 0 Å². The average Bonchev–Trinajstić information content (AvgIpc) is 2.36. The van der Waals surface area contributed by atoms with Crippen molar-refractivity contribution in [3.8, 4) is 0 Å². The molecule has 2 nitrogen and oxygen atoms in total. The molecule has 0 bridgehead atoms. The summed E-state index contributed by atoms with van der Waals surface area (Å²) < 4.78 is 13.3. The van der Waals surface area contributed by atoms with Crippen LogP contribution in [0.5, 0.6) is 0 Å².